The van der Waals surface area contributed by atoms with E-state index >= 15 is 0 Å². The number of rotatable bonds is 9. The van der Waals surface area contributed by atoms with Gasteiger partial charge in [0.2, 0.25) is 0 Å². The van der Waals surface area contributed by atoms with Gasteiger partial charge in [0.1, 0.15) is 11.5 Å². The molecule has 25 heavy (non-hydrogen) atoms. The van der Waals surface area contributed by atoms with Crippen LogP contribution in [0.25, 0.3) is 0 Å². The Morgan fingerprint density at radius 1 is 0.920 bits per heavy atom. The highest BCUT2D eigenvalue weighted by Gasteiger charge is 2.21. The molecule has 0 saturated carbocycles. The van der Waals surface area contributed by atoms with Crippen molar-refractivity contribution in [1.29, 1.82) is 0 Å². The van der Waals surface area contributed by atoms with E-state index in [1.165, 1.54) is 0 Å². The number of hydrogen-bond acceptors (Lipinski definition) is 5. The van der Waals surface area contributed by atoms with Crippen LogP contribution in [-0.4, -0.2) is 27.9 Å². The van der Waals surface area contributed by atoms with E-state index in [0.29, 0.717) is 13.2 Å². The van der Waals surface area contributed by atoms with Crippen molar-refractivity contribution in [3.8, 4) is 11.5 Å². The van der Waals surface area contributed by atoms with Gasteiger partial charge in [-0.1, -0.05) is 44.2 Å². The van der Waals surface area contributed by atoms with Crippen LogP contribution < -0.4 is 4.74 Å². The predicted molar refractivity (Wildman–Crippen MR) is 97.2 cm³/mol. The third-order valence-electron chi connectivity index (χ3n) is 3.30. The first-order chi connectivity index (χ1) is 11.7. The SMILES string of the molecule is CC(C)(COCc1cccc(Oc2ccccc2)c1)COS(C)(=O)=O. The van der Waals surface area contributed by atoms with E-state index in [2.05, 4.69) is 0 Å². The van der Waals surface area contributed by atoms with Gasteiger partial charge in [0.05, 0.1) is 26.1 Å². The molecule has 0 aromatic heterocycles. The molecule has 0 N–H and O–H groups in total. The minimum Gasteiger partial charge on any atom is -0.457 e. The van der Waals surface area contributed by atoms with Crippen LogP contribution in [0.5, 0.6) is 11.5 Å². The predicted octanol–water partition coefficient (Wildman–Crippen LogP) is 4.00. The Morgan fingerprint density at radius 2 is 1.60 bits per heavy atom. The van der Waals surface area contributed by atoms with Crippen molar-refractivity contribution in [3.05, 3.63) is 60.2 Å². The van der Waals surface area contributed by atoms with Crippen molar-refractivity contribution in [2.45, 2.75) is 20.5 Å². The van der Waals surface area contributed by atoms with Gasteiger partial charge in [-0.05, 0) is 29.8 Å². The molecule has 0 spiro atoms. The fraction of sp³-hybridized carbons (Fsp3) is 0.368. The topological polar surface area (TPSA) is 61.8 Å². The highest BCUT2D eigenvalue weighted by molar-refractivity contribution is 7.85. The Labute approximate surface area is 149 Å². The first kappa shape index (κ1) is 19.4. The molecule has 0 aliphatic heterocycles. The normalized spacial score (nSPS) is 12.1. The molecule has 136 valence electrons. The van der Waals surface area contributed by atoms with E-state index in [1.54, 1.807) is 0 Å². The molecular formula is C19H24O5S. The van der Waals surface area contributed by atoms with E-state index in [9.17, 15) is 8.42 Å². The molecule has 0 bridgehead atoms. The molecule has 0 heterocycles. The second-order valence-corrected chi connectivity index (χ2v) is 8.33. The van der Waals surface area contributed by atoms with Gasteiger partial charge in [0.15, 0.2) is 0 Å². The summed E-state index contributed by atoms with van der Waals surface area (Å²) in [5, 5.41) is 0. The fourth-order valence-corrected chi connectivity index (χ4v) is 2.61. The molecule has 6 heteroatoms. The van der Waals surface area contributed by atoms with Gasteiger partial charge in [-0.25, -0.2) is 0 Å². The monoisotopic (exact) mass is 364 g/mol. The molecular weight excluding hydrogens is 340 g/mol. The summed E-state index contributed by atoms with van der Waals surface area (Å²) in [4.78, 5) is 0. The number of ether oxygens (including phenoxy) is 2. The minimum atomic E-state index is -3.44. The summed E-state index contributed by atoms with van der Waals surface area (Å²) in [6.07, 6.45) is 1.04. The number of para-hydroxylation sites is 1. The zero-order valence-corrected chi connectivity index (χ0v) is 15.6. The van der Waals surface area contributed by atoms with Gasteiger partial charge >= 0.3 is 0 Å². The Bertz CT molecular complexity index is 769. The van der Waals surface area contributed by atoms with Gasteiger partial charge in [-0.2, -0.15) is 8.42 Å². The van der Waals surface area contributed by atoms with Crippen molar-refractivity contribution in [2.75, 3.05) is 19.5 Å². The Balaban J connectivity index is 1.85. The van der Waals surface area contributed by atoms with Crippen LogP contribution in [0, 0.1) is 5.41 Å². The van der Waals surface area contributed by atoms with Crippen molar-refractivity contribution < 1.29 is 22.1 Å². The van der Waals surface area contributed by atoms with Crippen LogP contribution in [0.4, 0.5) is 0 Å². The molecule has 0 atom stereocenters. The lowest BCUT2D eigenvalue weighted by Crippen LogP contribution is -2.27. The highest BCUT2D eigenvalue weighted by atomic mass is 32.2. The van der Waals surface area contributed by atoms with Crippen molar-refractivity contribution >= 4 is 10.1 Å². The first-order valence-electron chi connectivity index (χ1n) is 7.98. The fourth-order valence-electron chi connectivity index (χ4n) is 2.08. The summed E-state index contributed by atoms with van der Waals surface area (Å²) >= 11 is 0. The zero-order chi connectivity index (χ0) is 18.3. The van der Waals surface area contributed by atoms with Crippen LogP contribution in [0.1, 0.15) is 19.4 Å². The second kappa shape index (κ2) is 8.47. The summed E-state index contributed by atoms with van der Waals surface area (Å²) in [7, 11) is -3.44. The molecule has 0 fully saturated rings. The standard InChI is InChI=1S/C19H24O5S/c1-19(2,15-23-25(3,20)21)14-22-13-16-8-7-11-18(12-16)24-17-9-5-4-6-10-17/h4-12H,13-15H2,1-3H3. The molecule has 2 aromatic rings. The van der Waals surface area contributed by atoms with E-state index in [0.717, 1.165) is 23.3 Å². The average Bonchev–Trinajstić information content (AvgIpc) is 2.54. The van der Waals surface area contributed by atoms with Crippen molar-refractivity contribution in [3.63, 3.8) is 0 Å². The van der Waals surface area contributed by atoms with E-state index in [1.807, 2.05) is 68.4 Å². The summed E-state index contributed by atoms with van der Waals surface area (Å²) in [6, 6.07) is 17.2. The minimum absolute atomic E-state index is 0.0863. The smallest absolute Gasteiger partial charge is 0.264 e. The van der Waals surface area contributed by atoms with Gasteiger partial charge < -0.3 is 9.47 Å². The zero-order valence-electron chi connectivity index (χ0n) is 14.8. The van der Waals surface area contributed by atoms with Crippen LogP contribution in [0.2, 0.25) is 0 Å². The molecule has 2 aromatic carbocycles. The maximum atomic E-state index is 11.1. The lowest BCUT2D eigenvalue weighted by atomic mass is 9.96. The van der Waals surface area contributed by atoms with E-state index in [4.69, 9.17) is 13.7 Å². The van der Waals surface area contributed by atoms with Gasteiger partial charge in [0, 0.05) is 5.41 Å². The van der Waals surface area contributed by atoms with Gasteiger partial charge in [-0.15, -0.1) is 0 Å². The lowest BCUT2D eigenvalue weighted by molar-refractivity contribution is 0.0275. The largest absolute Gasteiger partial charge is 0.457 e. The van der Waals surface area contributed by atoms with Crippen molar-refractivity contribution in [2.24, 2.45) is 5.41 Å². The maximum Gasteiger partial charge on any atom is 0.264 e. The second-order valence-electron chi connectivity index (χ2n) is 6.69. The Kier molecular flexibility index (Phi) is 6.58. The van der Waals surface area contributed by atoms with Crippen LogP contribution in [-0.2, 0) is 25.6 Å². The molecule has 5 nitrogen and oxygen atoms in total. The number of benzene rings is 2. The molecule has 0 saturated heterocycles. The Morgan fingerprint density at radius 3 is 2.28 bits per heavy atom. The van der Waals surface area contributed by atoms with Gasteiger partial charge in [0.25, 0.3) is 10.1 Å². The Hall–Kier alpha value is -1.89. The molecule has 0 unspecified atom stereocenters. The van der Waals surface area contributed by atoms with Gasteiger partial charge in [-0.3, -0.25) is 4.18 Å². The molecule has 0 amide bonds. The number of hydrogen-bond donors (Lipinski definition) is 0. The van der Waals surface area contributed by atoms with Crippen LogP contribution in [0.3, 0.4) is 0 Å². The summed E-state index contributed by atoms with van der Waals surface area (Å²) in [5.74, 6) is 1.52. The maximum absolute atomic E-state index is 11.1. The lowest BCUT2D eigenvalue weighted by Gasteiger charge is -2.23. The first-order valence-corrected chi connectivity index (χ1v) is 9.79. The molecule has 0 aliphatic carbocycles. The summed E-state index contributed by atoms with van der Waals surface area (Å²) in [6.45, 7) is 4.67. The molecule has 0 aliphatic rings. The van der Waals surface area contributed by atoms with E-state index in [-0.39, 0.29) is 6.61 Å². The third kappa shape index (κ3) is 7.69. The third-order valence-corrected chi connectivity index (χ3v) is 3.85. The average molecular weight is 364 g/mol. The van der Waals surface area contributed by atoms with E-state index < -0.39 is 15.5 Å². The van der Waals surface area contributed by atoms with Crippen molar-refractivity contribution in [1.82, 2.24) is 0 Å². The quantitative estimate of drug-likeness (QED) is 0.630. The molecule has 2 rings (SSSR count). The summed E-state index contributed by atoms with van der Waals surface area (Å²) in [5.41, 5.74) is 0.578. The molecule has 0 radical (unpaired) electrons. The van der Waals surface area contributed by atoms with Crippen LogP contribution in [0.15, 0.2) is 54.6 Å². The summed E-state index contributed by atoms with van der Waals surface area (Å²) < 4.78 is 38.5. The highest BCUT2D eigenvalue weighted by Crippen LogP contribution is 2.23. The van der Waals surface area contributed by atoms with Crippen LogP contribution >= 0.6 is 0 Å².